The van der Waals surface area contributed by atoms with Gasteiger partial charge in [0, 0.05) is 13.1 Å². The minimum atomic E-state index is -0.663. The molecule has 0 bridgehead atoms. The van der Waals surface area contributed by atoms with Crippen molar-refractivity contribution in [3.8, 4) is 11.6 Å². The highest BCUT2D eigenvalue weighted by Gasteiger charge is 2.20. The molecule has 20 heavy (non-hydrogen) atoms. The van der Waals surface area contributed by atoms with Crippen LogP contribution in [0.25, 0.3) is 0 Å². The number of rotatable bonds is 4. The van der Waals surface area contributed by atoms with Gasteiger partial charge in [-0.2, -0.15) is 4.98 Å². The molecule has 1 aromatic carbocycles. The van der Waals surface area contributed by atoms with E-state index in [1.165, 1.54) is 12.1 Å². The van der Waals surface area contributed by atoms with Crippen LogP contribution in [-0.4, -0.2) is 21.9 Å². The first-order chi connectivity index (χ1) is 9.51. The fourth-order valence-electron chi connectivity index (χ4n) is 1.47. The molecule has 1 N–H and O–H groups in total. The Labute approximate surface area is 113 Å². The number of benzene rings is 1. The van der Waals surface area contributed by atoms with Gasteiger partial charge in [-0.1, -0.05) is 6.07 Å². The molecule has 2 aromatic rings. The summed E-state index contributed by atoms with van der Waals surface area (Å²) in [5.74, 6) is -0.423. The number of halogens is 1. The molecule has 0 aliphatic rings. The molecule has 0 saturated heterocycles. The van der Waals surface area contributed by atoms with Crippen molar-refractivity contribution in [3.05, 3.63) is 45.9 Å². The van der Waals surface area contributed by atoms with Gasteiger partial charge in [0.15, 0.2) is 0 Å². The van der Waals surface area contributed by atoms with Gasteiger partial charge in [0.1, 0.15) is 17.8 Å². The van der Waals surface area contributed by atoms with Crippen LogP contribution in [0.3, 0.4) is 0 Å². The summed E-state index contributed by atoms with van der Waals surface area (Å²) in [6.45, 7) is 1.70. The van der Waals surface area contributed by atoms with Crippen LogP contribution in [0.15, 0.2) is 24.4 Å². The number of hydrogen-bond donors (Lipinski definition) is 1. The molecule has 0 atom stereocenters. The molecule has 0 unspecified atom stereocenters. The number of aryl methyl sites for hydroxylation is 1. The number of ether oxygens (including phenoxy) is 1. The Morgan fingerprint density at radius 3 is 2.85 bits per heavy atom. The molecule has 0 saturated carbocycles. The monoisotopic (exact) mass is 278 g/mol. The summed E-state index contributed by atoms with van der Waals surface area (Å²) in [6.07, 6.45) is 1.03. The second-order valence-electron chi connectivity index (χ2n) is 3.90. The summed E-state index contributed by atoms with van der Waals surface area (Å²) < 4.78 is 18.5. The van der Waals surface area contributed by atoms with Gasteiger partial charge >= 0.3 is 11.6 Å². The quantitative estimate of drug-likeness (QED) is 0.683. The first-order valence-electron chi connectivity index (χ1n) is 5.64. The van der Waals surface area contributed by atoms with Gasteiger partial charge < -0.3 is 10.1 Å². The van der Waals surface area contributed by atoms with Crippen molar-refractivity contribution >= 4 is 11.6 Å². The lowest BCUT2D eigenvalue weighted by molar-refractivity contribution is -0.386. The fourth-order valence-corrected chi connectivity index (χ4v) is 1.47. The number of hydrogen-bond acceptors (Lipinski definition) is 6. The lowest BCUT2D eigenvalue weighted by Crippen LogP contribution is -2.02. The SMILES string of the molecule is CNc1ncc([N+](=O)[O-])c(Oc2cc(F)ccc2C)n1. The minimum Gasteiger partial charge on any atom is -0.433 e. The Balaban J connectivity index is 2.45. The van der Waals surface area contributed by atoms with E-state index >= 15 is 0 Å². The molecule has 7 nitrogen and oxygen atoms in total. The normalized spacial score (nSPS) is 10.2. The number of nitro groups is 1. The zero-order valence-electron chi connectivity index (χ0n) is 10.8. The number of nitrogens with zero attached hydrogens (tertiary/aromatic N) is 3. The van der Waals surface area contributed by atoms with Crippen LogP contribution in [0.5, 0.6) is 11.6 Å². The molecule has 0 fully saturated rings. The van der Waals surface area contributed by atoms with Crippen molar-refractivity contribution in [3.63, 3.8) is 0 Å². The van der Waals surface area contributed by atoms with E-state index in [0.29, 0.717) is 5.56 Å². The molecule has 104 valence electrons. The first-order valence-corrected chi connectivity index (χ1v) is 5.64. The average Bonchev–Trinajstić information content (AvgIpc) is 2.42. The molecule has 1 heterocycles. The molecule has 0 amide bonds. The Hall–Kier alpha value is -2.77. The number of aromatic nitrogens is 2. The maximum atomic E-state index is 13.2. The fraction of sp³-hybridized carbons (Fsp3) is 0.167. The number of nitrogens with one attached hydrogen (secondary N) is 1. The standard InChI is InChI=1S/C12H11FN4O3/c1-7-3-4-8(13)5-10(7)20-11-9(17(18)19)6-15-12(14-2)16-11/h3-6H,1-2H3,(H,14,15,16). The molecule has 0 aliphatic heterocycles. The highest BCUT2D eigenvalue weighted by atomic mass is 19.1. The lowest BCUT2D eigenvalue weighted by Gasteiger charge is -2.08. The van der Waals surface area contributed by atoms with Gasteiger partial charge in [0.25, 0.3) is 0 Å². The summed E-state index contributed by atoms with van der Waals surface area (Å²) in [5.41, 5.74) is 0.234. The molecular formula is C12H11FN4O3. The van der Waals surface area contributed by atoms with Crippen LogP contribution in [0, 0.1) is 22.9 Å². The van der Waals surface area contributed by atoms with Gasteiger partial charge in [-0.05, 0) is 18.6 Å². The third kappa shape index (κ3) is 2.79. The van der Waals surface area contributed by atoms with Gasteiger partial charge in [-0.3, -0.25) is 10.1 Å². The van der Waals surface area contributed by atoms with E-state index in [9.17, 15) is 14.5 Å². The van der Waals surface area contributed by atoms with Gasteiger partial charge in [0.2, 0.25) is 5.95 Å². The van der Waals surface area contributed by atoms with Crippen LogP contribution in [-0.2, 0) is 0 Å². The third-order valence-corrected chi connectivity index (χ3v) is 2.51. The summed E-state index contributed by atoms with van der Waals surface area (Å²) in [7, 11) is 1.57. The van der Waals surface area contributed by atoms with Crippen molar-refractivity contribution in [2.45, 2.75) is 6.92 Å². The Kier molecular flexibility index (Phi) is 3.74. The van der Waals surface area contributed by atoms with E-state index in [1.54, 1.807) is 14.0 Å². The first kappa shape index (κ1) is 13.7. The van der Waals surface area contributed by atoms with E-state index < -0.39 is 16.4 Å². The van der Waals surface area contributed by atoms with Crippen LogP contribution in [0.4, 0.5) is 16.0 Å². The molecule has 1 aromatic heterocycles. The van der Waals surface area contributed by atoms with Crippen molar-refractivity contribution in [2.24, 2.45) is 0 Å². The predicted octanol–water partition coefficient (Wildman–Crippen LogP) is 2.67. The van der Waals surface area contributed by atoms with Crippen LogP contribution >= 0.6 is 0 Å². The van der Waals surface area contributed by atoms with Crippen molar-refractivity contribution in [1.82, 2.24) is 9.97 Å². The van der Waals surface area contributed by atoms with E-state index in [1.807, 2.05) is 0 Å². The Bertz CT molecular complexity index is 663. The molecular weight excluding hydrogens is 267 g/mol. The molecule has 0 aliphatic carbocycles. The second kappa shape index (κ2) is 5.47. The summed E-state index contributed by atoms with van der Waals surface area (Å²) >= 11 is 0. The summed E-state index contributed by atoms with van der Waals surface area (Å²) in [5, 5.41) is 13.6. The van der Waals surface area contributed by atoms with Crippen molar-refractivity contribution in [1.29, 1.82) is 0 Å². The van der Waals surface area contributed by atoms with Crippen molar-refractivity contribution < 1.29 is 14.1 Å². The highest BCUT2D eigenvalue weighted by Crippen LogP contribution is 2.31. The maximum absolute atomic E-state index is 13.2. The van der Waals surface area contributed by atoms with Gasteiger partial charge in [-0.15, -0.1) is 0 Å². The summed E-state index contributed by atoms with van der Waals surface area (Å²) in [6, 6.07) is 3.92. The van der Waals surface area contributed by atoms with E-state index in [4.69, 9.17) is 4.74 Å². The van der Waals surface area contributed by atoms with Crippen molar-refractivity contribution in [2.75, 3.05) is 12.4 Å². The van der Waals surface area contributed by atoms with E-state index in [-0.39, 0.29) is 17.6 Å². The van der Waals surface area contributed by atoms with Crippen LogP contribution in [0.2, 0.25) is 0 Å². The molecule has 0 spiro atoms. The van der Waals surface area contributed by atoms with Crippen LogP contribution in [0.1, 0.15) is 5.56 Å². The van der Waals surface area contributed by atoms with E-state index in [0.717, 1.165) is 12.3 Å². The largest absolute Gasteiger partial charge is 0.433 e. The van der Waals surface area contributed by atoms with Crippen LogP contribution < -0.4 is 10.1 Å². The lowest BCUT2D eigenvalue weighted by atomic mass is 10.2. The Morgan fingerprint density at radius 1 is 1.45 bits per heavy atom. The molecule has 8 heteroatoms. The summed E-state index contributed by atoms with van der Waals surface area (Å²) in [4.78, 5) is 17.9. The smallest absolute Gasteiger partial charge is 0.349 e. The predicted molar refractivity (Wildman–Crippen MR) is 69.4 cm³/mol. The maximum Gasteiger partial charge on any atom is 0.349 e. The average molecular weight is 278 g/mol. The topological polar surface area (TPSA) is 90.2 Å². The van der Waals surface area contributed by atoms with Gasteiger partial charge in [-0.25, -0.2) is 9.37 Å². The number of anilines is 1. The second-order valence-corrected chi connectivity index (χ2v) is 3.90. The minimum absolute atomic E-state index is 0.161. The van der Waals surface area contributed by atoms with Gasteiger partial charge in [0.05, 0.1) is 4.92 Å². The third-order valence-electron chi connectivity index (χ3n) is 2.51. The zero-order valence-corrected chi connectivity index (χ0v) is 10.8. The Morgan fingerprint density at radius 2 is 2.20 bits per heavy atom. The van der Waals surface area contributed by atoms with E-state index in [2.05, 4.69) is 15.3 Å². The zero-order chi connectivity index (χ0) is 14.7. The highest BCUT2D eigenvalue weighted by molar-refractivity contribution is 5.46. The molecule has 0 radical (unpaired) electrons. The molecule has 2 rings (SSSR count).